The summed E-state index contributed by atoms with van der Waals surface area (Å²) in [4.78, 5) is 22.6. The topological polar surface area (TPSA) is 84.1 Å². The lowest BCUT2D eigenvalue weighted by Crippen LogP contribution is -2.23. The van der Waals surface area contributed by atoms with Crippen molar-refractivity contribution in [1.29, 1.82) is 0 Å². The Morgan fingerprint density at radius 2 is 2.12 bits per heavy atom. The molecule has 3 N–H and O–H groups in total. The molecule has 126 valence electrons. The molecule has 6 heteroatoms. The van der Waals surface area contributed by atoms with E-state index in [4.69, 9.17) is 5.73 Å². The number of anilines is 4. The zero-order valence-electron chi connectivity index (χ0n) is 14.0. The fraction of sp³-hybridized carbons (Fsp3) is 0.211. The molecule has 0 radical (unpaired) electrons. The summed E-state index contributed by atoms with van der Waals surface area (Å²) < 4.78 is 0. The molecule has 0 saturated carbocycles. The number of fused-ring (bicyclic) bond motifs is 1. The van der Waals surface area contributed by atoms with Crippen LogP contribution in [0, 0.1) is 6.92 Å². The molecule has 1 aliphatic rings. The number of carbonyl (C=O) groups is 1. The molecule has 6 nitrogen and oxygen atoms in total. The highest BCUT2D eigenvalue weighted by atomic mass is 16.2. The number of hydrogen-bond acceptors (Lipinski definition) is 5. The number of aryl methyl sites for hydroxylation is 1. The van der Waals surface area contributed by atoms with Crippen molar-refractivity contribution in [1.82, 2.24) is 9.97 Å². The van der Waals surface area contributed by atoms with Crippen LogP contribution in [0.25, 0.3) is 10.9 Å². The lowest BCUT2D eigenvalue weighted by molar-refractivity contribution is -0.117. The van der Waals surface area contributed by atoms with Crippen molar-refractivity contribution in [2.45, 2.75) is 19.8 Å². The third-order valence-corrected chi connectivity index (χ3v) is 4.51. The maximum atomic E-state index is 11.9. The molecule has 3 aromatic rings. The average molecular weight is 333 g/mol. The molecule has 0 atom stereocenters. The first-order valence-electron chi connectivity index (χ1n) is 8.31. The SMILES string of the molecule is Cc1ccc2nc(Nc3cccc(N4CCCC4=O)c3)ncc2c1N. The van der Waals surface area contributed by atoms with Crippen LogP contribution in [0.2, 0.25) is 0 Å². The van der Waals surface area contributed by atoms with Gasteiger partial charge in [-0.1, -0.05) is 12.1 Å². The minimum atomic E-state index is 0.171. The summed E-state index contributed by atoms with van der Waals surface area (Å²) in [5.41, 5.74) is 10.3. The van der Waals surface area contributed by atoms with Crippen LogP contribution in [-0.4, -0.2) is 22.4 Å². The van der Waals surface area contributed by atoms with Crippen molar-refractivity contribution in [3.05, 3.63) is 48.2 Å². The summed E-state index contributed by atoms with van der Waals surface area (Å²) in [5, 5.41) is 4.06. The van der Waals surface area contributed by atoms with Gasteiger partial charge >= 0.3 is 0 Å². The zero-order chi connectivity index (χ0) is 17.4. The second kappa shape index (κ2) is 6.05. The average Bonchev–Trinajstić information content (AvgIpc) is 3.05. The number of nitrogens with two attached hydrogens (primary N) is 1. The van der Waals surface area contributed by atoms with E-state index in [9.17, 15) is 4.79 Å². The van der Waals surface area contributed by atoms with Crippen LogP contribution in [0.5, 0.6) is 0 Å². The number of nitrogens with one attached hydrogen (secondary N) is 1. The van der Waals surface area contributed by atoms with Gasteiger partial charge < -0.3 is 16.0 Å². The lowest BCUT2D eigenvalue weighted by atomic mass is 10.1. The molecule has 1 aromatic heterocycles. The van der Waals surface area contributed by atoms with E-state index in [1.165, 1.54) is 0 Å². The minimum Gasteiger partial charge on any atom is -0.398 e. The third kappa shape index (κ3) is 2.87. The van der Waals surface area contributed by atoms with Gasteiger partial charge in [0.1, 0.15) is 0 Å². The molecule has 25 heavy (non-hydrogen) atoms. The number of nitrogen functional groups attached to an aromatic ring is 1. The summed E-state index contributed by atoms with van der Waals surface area (Å²) in [6, 6.07) is 11.6. The van der Waals surface area contributed by atoms with Gasteiger partial charge in [-0.15, -0.1) is 0 Å². The maximum Gasteiger partial charge on any atom is 0.227 e. The Labute approximate surface area is 145 Å². The highest BCUT2D eigenvalue weighted by Gasteiger charge is 2.21. The lowest BCUT2D eigenvalue weighted by Gasteiger charge is -2.16. The summed E-state index contributed by atoms with van der Waals surface area (Å²) in [7, 11) is 0. The molecular formula is C19H19N5O. The van der Waals surface area contributed by atoms with Crippen LogP contribution in [0.1, 0.15) is 18.4 Å². The molecule has 0 unspecified atom stereocenters. The molecule has 0 spiro atoms. The predicted octanol–water partition coefficient (Wildman–Crippen LogP) is 3.39. The van der Waals surface area contributed by atoms with Gasteiger partial charge in [-0.2, -0.15) is 0 Å². The fourth-order valence-corrected chi connectivity index (χ4v) is 3.10. The van der Waals surface area contributed by atoms with Crippen molar-refractivity contribution < 1.29 is 4.79 Å². The van der Waals surface area contributed by atoms with Gasteiger partial charge in [0, 0.05) is 41.6 Å². The highest BCUT2D eigenvalue weighted by molar-refractivity contribution is 5.96. The van der Waals surface area contributed by atoms with E-state index in [-0.39, 0.29) is 5.91 Å². The van der Waals surface area contributed by atoms with Crippen LogP contribution in [0.4, 0.5) is 23.0 Å². The summed E-state index contributed by atoms with van der Waals surface area (Å²) in [6.07, 6.45) is 3.26. The van der Waals surface area contributed by atoms with Crippen LogP contribution in [0.3, 0.4) is 0 Å². The largest absolute Gasteiger partial charge is 0.398 e. The maximum absolute atomic E-state index is 11.9. The molecule has 0 aliphatic carbocycles. The van der Waals surface area contributed by atoms with Crippen molar-refractivity contribution in [2.24, 2.45) is 0 Å². The van der Waals surface area contributed by atoms with Crippen LogP contribution < -0.4 is 16.0 Å². The van der Waals surface area contributed by atoms with E-state index in [1.54, 1.807) is 6.20 Å². The molecule has 2 heterocycles. The fourth-order valence-electron chi connectivity index (χ4n) is 3.10. The zero-order valence-corrected chi connectivity index (χ0v) is 14.0. The molecule has 1 saturated heterocycles. The monoisotopic (exact) mass is 333 g/mol. The second-order valence-corrected chi connectivity index (χ2v) is 6.25. The Bertz CT molecular complexity index is 969. The van der Waals surface area contributed by atoms with Gasteiger partial charge in [-0.3, -0.25) is 4.79 Å². The van der Waals surface area contributed by atoms with Gasteiger partial charge in [-0.25, -0.2) is 9.97 Å². The summed E-state index contributed by atoms with van der Waals surface area (Å²) in [6.45, 7) is 2.74. The van der Waals surface area contributed by atoms with Gasteiger partial charge in [-0.05, 0) is 43.2 Å². The number of amides is 1. The van der Waals surface area contributed by atoms with Crippen molar-refractivity contribution in [2.75, 3.05) is 22.5 Å². The van der Waals surface area contributed by atoms with Crippen LogP contribution in [-0.2, 0) is 4.79 Å². The van der Waals surface area contributed by atoms with Crippen LogP contribution in [0.15, 0.2) is 42.6 Å². The standard InChI is InChI=1S/C19H19N5O/c1-12-7-8-16-15(18(12)20)11-21-19(23-16)22-13-4-2-5-14(10-13)24-9-3-6-17(24)25/h2,4-5,7-8,10-11H,3,6,9,20H2,1H3,(H,21,22,23). The van der Waals surface area contributed by atoms with E-state index >= 15 is 0 Å². The number of hydrogen-bond donors (Lipinski definition) is 2. The Balaban J connectivity index is 1.63. The normalized spacial score (nSPS) is 14.3. The number of nitrogens with zero attached hydrogens (tertiary/aromatic N) is 3. The molecule has 1 fully saturated rings. The van der Waals surface area contributed by atoms with Gasteiger partial charge in [0.05, 0.1) is 5.52 Å². The number of benzene rings is 2. The van der Waals surface area contributed by atoms with E-state index in [0.717, 1.165) is 40.8 Å². The Hall–Kier alpha value is -3.15. The van der Waals surface area contributed by atoms with Crippen molar-refractivity contribution in [3.8, 4) is 0 Å². The van der Waals surface area contributed by atoms with E-state index < -0.39 is 0 Å². The van der Waals surface area contributed by atoms with Crippen LogP contribution >= 0.6 is 0 Å². The first-order chi connectivity index (χ1) is 12.1. The Morgan fingerprint density at radius 1 is 1.24 bits per heavy atom. The quantitative estimate of drug-likeness (QED) is 0.718. The Morgan fingerprint density at radius 3 is 2.92 bits per heavy atom. The first-order valence-corrected chi connectivity index (χ1v) is 8.31. The number of aromatic nitrogens is 2. The van der Waals surface area contributed by atoms with Gasteiger partial charge in [0.25, 0.3) is 0 Å². The molecule has 1 amide bonds. The van der Waals surface area contributed by atoms with Crippen molar-refractivity contribution >= 4 is 39.8 Å². The van der Waals surface area contributed by atoms with E-state index in [0.29, 0.717) is 18.1 Å². The predicted molar refractivity (Wildman–Crippen MR) is 100.0 cm³/mol. The number of carbonyl (C=O) groups excluding carboxylic acids is 1. The third-order valence-electron chi connectivity index (χ3n) is 4.51. The van der Waals surface area contributed by atoms with Gasteiger partial charge in [0.15, 0.2) is 0 Å². The van der Waals surface area contributed by atoms with Gasteiger partial charge in [0.2, 0.25) is 11.9 Å². The molecular weight excluding hydrogens is 314 g/mol. The Kier molecular flexibility index (Phi) is 3.72. The highest BCUT2D eigenvalue weighted by Crippen LogP contribution is 2.27. The van der Waals surface area contributed by atoms with E-state index in [2.05, 4.69) is 15.3 Å². The molecule has 2 aromatic carbocycles. The first kappa shape index (κ1) is 15.4. The number of rotatable bonds is 3. The molecule has 4 rings (SSSR count). The smallest absolute Gasteiger partial charge is 0.227 e. The summed E-state index contributed by atoms with van der Waals surface area (Å²) >= 11 is 0. The molecule has 1 aliphatic heterocycles. The van der Waals surface area contributed by atoms with E-state index in [1.807, 2.05) is 48.2 Å². The minimum absolute atomic E-state index is 0.171. The molecule has 0 bridgehead atoms. The summed E-state index contributed by atoms with van der Waals surface area (Å²) in [5.74, 6) is 0.672. The van der Waals surface area contributed by atoms with Crippen molar-refractivity contribution in [3.63, 3.8) is 0 Å². The second-order valence-electron chi connectivity index (χ2n) is 6.25.